The second kappa shape index (κ2) is 6.57. The molecule has 3 rings (SSSR count). The van der Waals surface area contributed by atoms with Crippen molar-refractivity contribution in [2.24, 2.45) is 0 Å². The van der Waals surface area contributed by atoms with Crippen LogP contribution in [0.15, 0.2) is 42.5 Å². The van der Waals surface area contributed by atoms with Gasteiger partial charge in [-0.1, -0.05) is 0 Å². The summed E-state index contributed by atoms with van der Waals surface area (Å²) >= 11 is 0. The summed E-state index contributed by atoms with van der Waals surface area (Å²) in [5.41, 5.74) is 1.53. The van der Waals surface area contributed by atoms with Crippen LogP contribution >= 0.6 is 0 Å². The van der Waals surface area contributed by atoms with Gasteiger partial charge in [0.05, 0.1) is 12.8 Å². The largest absolute Gasteiger partial charge is 0.494 e. The van der Waals surface area contributed by atoms with Crippen molar-refractivity contribution in [2.75, 3.05) is 30.4 Å². The van der Waals surface area contributed by atoms with Crippen LogP contribution in [0.2, 0.25) is 0 Å². The second-order valence-corrected chi connectivity index (χ2v) is 5.23. The Labute approximate surface area is 138 Å². The third-order valence-electron chi connectivity index (χ3n) is 3.71. The predicted octanol–water partition coefficient (Wildman–Crippen LogP) is 2.62. The molecule has 0 aromatic heterocycles. The first-order chi connectivity index (χ1) is 11.6. The van der Waals surface area contributed by atoms with Crippen LogP contribution in [0.1, 0.15) is 10.4 Å². The molecule has 24 heavy (non-hydrogen) atoms. The average molecular weight is 329 g/mol. The Kier molecular flexibility index (Phi) is 4.33. The first-order valence-electron chi connectivity index (χ1n) is 7.39. The molecule has 2 aromatic rings. The van der Waals surface area contributed by atoms with Crippen molar-refractivity contribution in [3.05, 3.63) is 53.8 Å². The Balaban J connectivity index is 1.75. The fourth-order valence-corrected chi connectivity index (χ4v) is 2.47. The number of rotatable bonds is 4. The van der Waals surface area contributed by atoms with Gasteiger partial charge >= 0.3 is 6.03 Å². The molecule has 1 heterocycles. The van der Waals surface area contributed by atoms with Gasteiger partial charge in [0.25, 0.3) is 5.91 Å². The van der Waals surface area contributed by atoms with Crippen LogP contribution in [-0.2, 0) is 0 Å². The maximum absolute atomic E-state index is 13.2. The van der Waals surface area contributed by atoms with E-state index in [1.54, 1.807) is 29.2 Å². The molecule has 0 aliphatic carbocycles. The summed E-state index contributed by atoms with van der Waals surface area (Å²) in [6.07, 6.45) is 0. The van der Waals surface area contributed by atoms with Gasteiger partial charge in [-0.2, -0.15) is 0 Å². The highest BCUT2D eigenvalue weighted by atomic mass is 19.1. The highest BCUT2D eigenvalue weighted by Crippen LogP contribution is 2.26. The lowest BCUT2D eigenvalue weighted by Gasteiger charge is -2.15. The van der Waals surface area contributed by atoms with Crippen molar-refractivity contribution in [1.29, 1.82) is 0 Å². The van der Waals surface area contributed by atoms with Crippen LogP contribution in [0.3, 0.4) is 0 Å². The fourth-order valence-electron chi connectivity index (χ4n) is 2.47. The summed E-state index contributed by atoms with van der Waals surface area (Å²) in [4.78, 5) is 25.5. The van der Waals surface area contributed by atoms with Crippen molar-refractivity contribution in [1.82, 2.24) is 5.32 Å². The Morgan fingerprint density at radius 3 is 2.62 bits per heavy atom. The molecule has 0 saturated carbocycles. The van der Waals surface area contributed by atoms with E-state index in [0.717, 1.165) is 5.69 Å². The summed E-state index contributed by atoms with van der Waals surface area (Å²) in [7, 11) is 1.40. The number of carbonyl (C=O) groups excluding carboxylic acids is 2. The van der Waals surface area contributed by atoms with Crippen LogP contribution in [0.4, 0.5) is 20.6 Å². The van der Waals surface area contributed by atoms with E-state index >= 15 is 0 Å². The van der Waals surface area contributed by atoms with Gasteiger partial charge in [0.15, 0.2) is 0 Å². The molecule has 124 valence electrons. The lowest BCUT2D eigenvalue weighted by Crippen LogP contribution is -2.27. The first-order valence-corrected chi connectivity index (χ1v) is 7.39. The van der Waals surface area contributed by atoms with E-state index in [-0.39, 0.29) is 17.7 Å². The SMILES string of the molecule is COc1cc(F)ccc1NC(=O)c1ccc(N2CCNC2=O)cc1. The molecule has 0 spiro atoms. The molecular weight excluding hydrogens is 313 g/mol. The Hall–Kier alpha value is -3.09. The summed E-state index contributed by atoms with van der Waals surface area (Å²) in [6, 6.07) is 10.4. The third kappa shape index (κ3) is 3.15. The number of nitrogens with zero attached hydrogens (tertiary/aromatic N) is 1. The molecule has 0 atom stereocenters. The minimum absolute atomic E-state index is 0.150. The van der Waals surface area contributed by atoms with Gasteiger partial charge in [0.1, 0.15) is 11.6 Å². The zero-order valence-corrected chi connectivity index (χ0v) is 13.0. The normalized spacial score (nSPS) is 13.6. The highest BCUT2D eigenvalue weighted by molar-refractivity contribution is 6.05. The molecule has 2 aromatic carbocycles. The van der Waals surface area contributed by atoms with Gasteiger partial charge in [-0.15, -0.1) is 0 Å². The number of benzene rings is 2. The van der Waals surface area contributed by atoms with Gasteiger partial charge in [0.2, 0.25) is 0 Å². The molecule has 7 heteroatoms. The number of urea groups is 1. The van der Waals surface area contributed by atoms with Gasteiger partial charge in [-0.25, -0.2) is 9.18 Å². The van der Waals surface area contributed by atoms with E-state index in [2.05, 4.69) is 10.6 Å². The van der Waals surface area contributed by atoms with E-state index in [4.69, 9.17) is 4.74 Å². The number of hydrogen-bond acceptors (Lipinski definition) is 3. The van der Waals surface area contributed by atoms with Crippen molar-refractivity contribution in [2.45, 2.75) is 0 Å². The minimum atomic E-state index is -0.446. The number of carbonyl (C=O) groups is 2. The van der Waals surface area contributed by atoms with Crippen LogP contribution < -0.4 is 20.3 Å². The van der Waals surface area contributed by atoms with Gasteiger partial charge in [0, 0.05) is 30.4 Å². The van der Waals surface area contributed by atoms with E-state index in [1.807, 2.05) is 0 Å². The molecular formula is C17H16FN3O3. The summed E-state index contributed by atoms with van der Waals surface area (Å²) in [5.74, 6) is -0.552. The monoisotopic (exact) mass is 329 g/mol. The Morgan fingerprint density at radius 2 is 2.00 bits per heavy atom. The maximum Gasteiger partial charge on any atom is 0.321 e. The molecule has 0 radical (unpaired) electrons. The van der Waals surface area contributed by atoms with Gasteiger partial charge in [-0.3, -0.25) is 9.69 Å². The van der Waals surface area contributed by atoms with Gasteiger partial charge < -0.3 is 15.4 Å². The van der Waals surface area contributed by atoms with Crippen LogP contribution in [-0.4, -0.2) is 32.1 Å². The van der Waals surface area contributed by atoms with Crippen LogP contribution in [0.25, 0.3) is 0 Å². The fraction of sp³-hybridized carbons (Fsp3) is 0.176. The number of ether oxygens (including phenoxy) is 1. The van der Waals surface area contributed by atoms with E-state index < -0.39 is 5.82 Å². The van der Waals surface area contributed by atoms with E-state index in [0.29, 0.717) is 24.3 Å². The maximum atomic E-state index is 13.2. The summed E-state index contributed by atoms with van der Waals surface area (Å²) < 4.78 is 18.2. The lowest BCUT2D eigenvalue weighted by atomic mass is 10.1. The number of halogens is 1. The second-order valence-electron chi connectivity index (χ2n) is 5.23. The topological polar surface area (TPSA) is 70.7 Å². The molecule has 3 amide bonds. The summed E-state index contributed by atoms with van der Waals surface area (Å²) in [6.45, 7) is 1.20. The van der Waals surface area contributed by atoms with Crippen LogP contribution in [0, 0.1) is 5.82 Å². The molecule has 1 aliphatic rings. The van der Waals surface area contributed by atoms with Crippen molar-refractivity contribution in [3.8, 4) is 5.75 Å². The zero-order valence-electron chi connectivity index (χ0n) is 13.0. The number of amides is 3. The number of methoxy groups -OCH3 is 1. The third-order valence-corrected chi connectivity index (χ3v) is 3.71. The molecule has 6 nitrogen and oxygen atoms in total. The number of hydrogen-bond donors (Lipinski definition) is 2. The van der Waals surface area contributed by atoms with E-state index in [1.165, 1.54) is 25.3 Å². The lowest BCUT2D eigenvalue weighted by molar-refractivity contribution is 0.102. The molecule has 1 aliphatic heterocycles. The van der Waals surface area contributed by atoms with Crippen molar-refractivity contribution >= 4 is 23.3 Å². The van der Waals surface area contributed by atoms with Crippen molar-refractivity contribution < 1.29 is 18.7 Å². The Morgan fingerprint density at radius 1 is 1.25 bits per heavy atom. The molecule has 2 N–H and O–H groups in total. The first kappa shape index (κ1) is 15.8. The smallest absolute Gasteiger partial charge is 0.321 e. The zero-order chi connectivity index (χ0) is 17.1. The van der Waals surface area contributed by atoms with Gasteiger partial charge in [-0.05, 0) is 36.4 Å². The predicted molar refractivity (Wildman–Crippen MR) is 88.1 cm³/mol. The molecule has 0 unspecified atom stereocenters. The molecule has 0 bridgehead atoms. The number of anilines is 2. The molecule has 1 fully saturated rings. The molecule has 1 saturated heterocycles. The van der Waals surface area contributed by atoms with E-state index in [9.17, 15) is 14.0 Å². The Bertz CT molecular complexity index is 777. The summed E-state index contributed by atoms with van der Waals surface area (Å²) in [5, 5.41) is 5.40. The standard InChI is InChI=1S/C17H16FN3O3/c1-24-15-10-12(18)4-7-14(15)20-16(22)11-2-5-13(6-3-11)21-9-8-19-17(21)23/h2-7,10H,8-9H2,1H3,(H,19,23)(H,20,22). The number of nitrogens with one attached hydrogen (secondary N) is 2. The minimum Gasteiger partial charge on any atom is -0.494 e. The quantitative estimate of drug-likeness (QED) is 0.906. The highest BCUT2D eigenvalue weighted by Gasteiger charge is 2.21. The van der Waals surface area contributed by atoms with Crippen LogP contribution in [0.5, 0.6) is 5.75 Å². The van der Waals surface area contributed by atoms with Crippen molar-refractivity contribution in [3.63, 3.8) is 0 Å². The average Bonchev–Trinajstić information content (AvgIpc) is 3.02.